The number of aliphatic carboxylic acids is 1. The molecule has 1 saturated carbocycles. The summed E-state index contributed by atoms with van der Waals surface area (Å²) in [5.74, 6) is -2.06. The van der Waals surface area contributed by atoms with Crippen molar-refractivity contribution < 1.29 is 14.7 Å². The minimum Gasteiger partial charge on any atom is -0.481 e. The van der Waals surface area contributed by atoms with E-state index in [1.807, 2.05) is 6.07 Å². The van der Waals surface area contributed by atoms with Gasteiger partial charge in [0.25, 0.3) is 0 Å². The third-order valence-electron chi connectivity index (χ3n) is 3.14. The van der Waals surface area contributed by atoms with E-state index >= 15 is 0 Å². The first-order chi connectivity index (χ1) is 8.54. The van der Waals surface area contributed by atoms with Crippen LogP contribution < -0.4 is 4.90 Å². The van der Waals surface area contributed by atoms with Gasteiger partial charge in [-0.25, -0.2) is 0 Å². The third kappa shape index (κ3) is 2.18. The van der Waals surface area contributed by atoms with Gasteiger partial charge < -0.3 is 10.0 Å². The van der Waals surface area contributed by atoms with Crippen molar-refractivity contribution >= 4 is 17.6 Å². The van der Waals surface area contributed by atoms with Crippen LogP contribution in [0.3, 0.4) is 0 Å². The van der Waals surface area contributed by atoms with Crippen LogP contribution in [0.4, 0.5) is 5.69 Å². The van der Waals surface area contributed by atoms with E-state index in [-0.39, 0.29) is 5.91 Å². The number of hydrogen-bond acceptors (Lipinski definition) is 3. The second kappa shape index (κ2) is 4.49. The molecule has 1 N–H and O–H groups in total. The van der Waals surface area contributed by atoms with Crippen LogP contribution in [0, 0.1) is 23.2 Å². The van der Waals surface area contributed by atoms with E-state index in [0.29, 0.717) is 17.7 Å². The number of amides is 1. The molecule has 1 aliphatic carbocycles. The Labute approximate surface area is 104 Å². The molecule has 0 spiro atoms. The quantitative estimate of drug-likeness (QED) is 0.867. The zero-order chi connectivity index (χ0) is 13.3. The SMILES string of the molecule is CN(C(=O)[C@@H]1C[C@@H]1C(=O)O)c1ccc(C#N)cc1. The highest BCUT2D eigenvalue weighted by Crippen LogP contribution is 2.40. The number of nitrogens with zero attached hydrogens (tertiary/aromatic N) is 2. The number of benzene rings is 1. The lowest BCUT2D eigenvalue weighted by atomic mass is 10.2. The maximum Gasteiger partial charge on any atom is 0.307 e. The van der Waals surface area contributed by atoms with E-state index in [4.69, 9.17) is 10.4 Å². The Kier molecular flexibility index (Phi) is 3.02. The summed E-state index contributed by atoms with van der Waals surface area (Å²) in [5, 5.41) is 17.5. The van der Waals surface area contributed by atoms with Crippen LogP contribution in [-0.4, -0.2) is 24.0 Å². The molecule has 0 bridgehead atoms. The summed E-state index contributed by atoms with van der Waals surface area (Å²) in [4.78, 5) is 24.1. The summed E-state index contributed by atoms with van der Waals surface area (Å²) in [5.41, 5.74) is 1.18. The van der Waals surface area contributed by atoms with Gasteiger partial charge in [0.15, 0.2) is 0 Å². The summed E-state index contributed by atoms with van der Waals surface area (Å²) in [7, 11) is 1.61. The number of carboxylic acid groups (broad SMARTS) is 1. The smallest absolute Gasteiger partial charge is 0.307 e. The van der Waals surface area contributed by atoms with Gasteiger partial charge in [-0.05, 0) is 30.7 Å². The summed E-state index contributed by atoms with van der Waals surface area (Å²) in [6, 6.07) is 8.60. The molecule has 1 aliphatic rings. The zero-order valence-corrected chi connectivity index (χ0v) is 9.83. The lowest BCUT2D eigenvalue weighted by Gasteiger charge is -2.17. The lowest BCUT2D eigenvalue weighted by molar-refractivity contribution is -0.139. The zero-order valence-electron chi connectivity index (χ0n) is 9.83. The van der Waals surface area contributed by atoms with Crippen molar-refractivity contribution in [3.05, 3.63) is 29.8 Å². The van der Waals surface area contributed by atoms with E-state index in [1.165, 1.54) is 4.90 Å². The van der Waals surface area contributed by atoms with Gasteiger partial charge in [0.05, 0.1) is 23.5 Å². The molecule has 0 heterocycles. The number of anilines is 1. The van der Waals surface area contributed by atoms with Gasteiger partial charge in [0, 0.05) is 12.7 Å². The molecule has 18 heavy (non-hydrogen) atoms. The molecule has 1 aromatic rings. The van der Waals surface area contributed by atoms with Crippen molar-refractivity contribution in [1.82, 2.24) is 0 Å². The molecule has 1 aromatic carbocycles. The van der Waals surface area contributed by atoms with Crippen molar-refractivity contribution in [3.8, 4) is 6.07 Å². The van der Waals surface area contributed by atoms with Crippen molar-refractivity contribution in [2.45, 2.75) is 6.42 Å². The van der Waals surface area contributed by atoms with Gasteiger partial charge in [0.1, 0.15) is 0 Å². The lowest BCUT2D eigenvalue weighted by Crippen LogP contribution is -2.28. The van der Waals surface area contributed by atoms with Crippen LogP contribution >= 0.6 is 0 Å². The number of carbonyl (C=O) groups excluding carboxylic acids is 1. The van der Waals surface area contributed by atoms with Crippen molar-refractivity contribution in [3.63, 3.8) is 0 Å². The van der Waals surface area contributed by atoms with Crippen LogP contribution in [0.1, 0.15) is 12.0 Å². The van der Waals surface area contributed by atoms with E-state index in [1.54, 1.807) is 31.3 Å². The molecule has 1 fully saturated rings. The molecule has 0 unspecified atom stereocenters. The fraction of sp³-hybridized carbons (Fsp3) is 0.308. The molecular weight excluding hydrogens is 232 g/mol. The highest BCUT2D eigenvalue weighted by atomic mass is 16.4. The number of hydrogen-bond donors (Lipinski definition) is 1. The molecule has 1 amide bonds. The molecule has 92 valence electrons. The monoisotopic (exact) mass is 244 g/mol. The first kappa shape index (κ1) is 12.1. The van der Waals surface area contributed by atoms with Crippen molar-refractivity contribution in [2.24, 2.45) is 11.8 Å². The second-order valence-electron chi connectivity index (χ2n) is 4.34. The van der Waals surface area contributed by atoms with E-state index in [0.717, 1.165) is 0 Å². The van der Waals surface area contributed by atoms with Crippen molar-refractivity contribution in [1.29, 1.82) is 5.26 Å². The molecule has 0 aliphatic heterocycles. The third-order valence-corrected chi connectivity index (χ3v) is 3.14. The molecule has 5 heteroatoms. The van der Waals surface area contributed by atoms with E-state index in [9.17, 15) is 9.59 Å². The normalized spacial score (nSPS) is 20.9. The second-order valence-corrected chi connectivity index (χ2v) is 4.34. The summed E-state index contributed by atoms with van der Waals surface area (Å²) in [6.45, 7) is 0. The van der Waals surface area contributed by atoms with Crippen LogP contribution in [0.15, 0.2) is 24.3 Å². The number of carbonyl (C=O) groups is 2. The number of carboxylic acids is 1. The Balaban J connectivity index is 2.07. The van der Waals surface area contributed by atoms with Gasteiger partial charge in [-0.15, -0.1) is 0 Å². The number of rotatable bonds is 3. The highest BCUT2D eigenvalue weighted by Gasteiger charge is 2.49. The molecule has 2 atom stereocenters. The molecule has 0 aromatic heterocycles. The molecular formula is C13H12N2O3. The van der Waals surface area contributed by atoms with Crippen LogP contribution in [0.2, 0.25) is 0 Å². The predicted octanol–water partition coefficient (Wildman–Crippen LogP) is 1.24. The number of nitriles is 1. The summed E-state index contributed by atoms with van der Waals surface area (Å²) < 4.78 is 0. The van der Waals surface area contributed by atoms with Gasteiger partial charge >= 0.3 is 5.97 Å². The van der Waals surface area contributed by atoms with Gasteiger partial charge in [0.2, 0.25) is 5.91 Å². The average molecular weight is 244 g/mol. The Morgan fingerprint density at radius 2 is 1.94 bits per heavy atom. The molecule has 5 nitrogen and oxygen atoms in total. The van der Waals surface area contributed by atoms with Gasteiger partial charge in [-0.1, -0.05) is 0 Å². The van der Waals surface area contributed by atoms with Crippen LogP contribution in [0.5, 0.6) is 0 Å². The Hall–Kier alpha value is -2.35. The maximum absolute atomic E-state index is 12.0. The predicted molar refractivity (Wildman–Crippen MR) is 63.8 cm³/mol. The van der Waals surface area contributed by atoms with Crippen LogP contribution in [-0.2, 0) is 9.59 Å². The topological polar surface area (TPSA) is 81.4 Å². The standard InChI is InChI=1S/C13H12N2O3/c1-15(9-4-2-8(7-14)3-5-9)12(16)10-6-11(10)13(17)18/h2-5,10-11H,6H2,1H3,(H,17,18)/t10-,11+/m1/s1. The van der Waals surface area contributed by atoms with Crippen LogP contribution in [0.25, 0.3) is 0 Å². The summed E-state index contributed by atoms with van der Waals surface area (Å²) in [6.07, 6.45) is 0.411. The molecule has 2 rings (SSSR count). The Bertz CT molecular complexity index is 530. The fourth-order valence-electron chi connectivity index (χ4n) is 1.88. The summed E-state index contributed by atoms with van der Waals surface area (Å²) >= 11 is 0. The Morgan fingerprint density at radius 1 is 1.33 bits per heavy atom. The fourth-order valence-corrected chi connectivity index (χ4v) is 1.88. The Morgan fingerprint density at radius 3 is 2.39 bits per heavy atom. The van der Waals surface area contributed by atoms with Gasteiger partial charge in [-0.3, -0.25) is 9.59 Å². The van der Waals surface area contributed by atoms with E-state index < -0.39 is 17.8 Å². The maximum atomic E-state index is 12.0. The average Bonchev–Trinajstić information content (AvgIpc) is 3.17. The first-order valence-corrected chi connectivity index (χ1v) is 5.55. The van der Waals surface area contributed by atoms with Crippen molar-refractivity contribution in [2.75, 3.05) is 11.9 Å². The molecule has 0 radical (unpaired) electrons. The molecule has 0 saturated heterocycles. The largest absolute Gasteiger partial charge is 0.481 e. The minimum atomic E-state index is -0.915. The minimum absolute atomic E-state index is 0.188. The van der Waals surface area contributed by atoms with Gasteiger partial charge in [-0.2, -0.15) is 5.26 Å². The highest BCUT2D eigenvalue weighted by molar-refractivity contribution is 5.99. The first-order valence-electron chi connectivity index (χ1n) is 5.55. The van der Waals surface area contributed by atoms with E-state index in [2.05, 4.69) is 0 Å².